The van der Waals surface area contributed by atoms with Crippen LogP contribution in [0.4, 0.5) is 0 Å². The van der Waals surface area contributed by atoms with Gasteiger partial charge < -0.3 is 0 Å². The summed E-state index contributed by atoms with van der Waals surface area (Å²) in [5.74, 6) is 6.62. The molecule has 0 spiro atoms. The van der Waals surface area contributed by atoms with Gasteiger partial charge in [-0.2, -0.15) is 0 Å². The molecule has 0 heterocycles. The minimum absolute atomic E-state index is 0.466. The number of rotatable bonds is 4. The van der Waals surface area contributed by atoms with Crippen molar-refractivity contribution in [1.29, 1.82) is 0 Å². The Hall–Kier alpha value is -0.330. The van der Waals surface area contributed by atoms with Crippen LogP contribution in [0, 0.1) is 46.3 Å². The molecule has 0 saturated heterocycles. The van der Waals surface area contributed by atoms with Crippen molar-refractivity contribution in [2.75, 3.05) is 0 Å². The fourth-order valence-electron chi connectivity index (χ4n) is 9.91. The highest BCUT2D eigenvalue weighted by atomic mass is 16.1. The number of hydrogen-bond acceptors (Lipinski definition) is 1. The van der Waals surface area contributed by atoms with Gasteiger partial charge in [0, 0.05) is 12.8 Å². The normalized spacial score (nSPS) is 56.8. The van der Waals surface area contributed by atoms with Crippen molar-refractivity contribution in [1.82, 2.24) is 0 Å². The van der Waals surface area contributed by atoms with Crippen LogP contribution in [0.2, 0.25) is 0 Å². The van der Waals surface area contributed by atoms with E-state index >= 15 is 0 Å². The molecule has 0 amide bonds. The Bertz CT molecular complexity index is 440. The molecule has 8 aliphatic rings. The first-order valence-electron chi connectivity index (χ1n) is 11.1. The summed E-state index contributed by atoms with van der Waals surface area (Å²) in [6.07, 6.45) is 19.4. The van der Waals surface area contributed by atoms with Gasteiger partial charge in [0.05, 0.1) is 0 Å². The molecule has 8 bridgehead atoms. The number of ketones is 1. The third-order valence-electron chi connectivity index (χ3n) is 9.47. The Morgan fingerprint density at radius 2 is 0.792 bits per heavy atom. The SMILES string of the molecule is O=C(CC12CC3CC(CC(C3)C1)C2)CC12CC3CC(CC(C3)C1)C2. The molecule has 1 heteroatoms. The van der Waals surface area contributed by atoms with Crippen LogP contribution in [0.3, 0.4) is 0 Å². The van der Waals surface area contributed by atoms with Crippen molar-refractivity contribution in [3.63, 3.8) is 0 Å². The zero-order valence-corrected chi connectivity index (χ0v) is 15.3. The van der Waals surface area contributed by atoms with Crippen molar-refractivity contribution in [2.45, 2.75) is 89.9 Å². The highest BCUT2D eigenvalue weighted by Gasteiger charge is 2.54. The van der Waals surface area contributed by atoms with Crippen molar-refractivity contribution >= 4 is 5.78 Å². The average Bonchev–Trinajstić information content (AvgIpc) is 2.42. The number of Topliss-reactive ketones (excluding diaryl/α,β-unsaturated/α-hetero) is 1. The molecule has 8 fully saturated rings. The van der Waals surface area contributed by atoms with E-state index in [4.69, 9.17) is 0 Å². The van der Waals surface area contributed by atoms with Crippen LogP contribution in [0.15, 0.2) is 0 Å². The lowest BCUT2D eigenvalue weighted by atomic mass is 9.47. The molecule has 132 valence electrons. The summed E-state index contributed by atoms with van der Waals surface area (Å²) >= 11 is 0. The lowest BCUT2D eigenvalue weighted by molar-refractivity contribution is -0.135. The third-order valence-corrected chi connectivity index (χ3v) is 9.47. The van der Waals surface area contributed by atoms with E-state index in [1.807, 2.05) is 0 Å². The Labute approximate surface area is 147 Å². The van der Waals surface area contributed by atoms with E-state index < -0.39 is 0 Å². The second-order valence-corrected chi connectivity index (χ2v) is 11.7. The zero-order valence-electron chi connectivity index (χ0n) is 15.3. The zero-order chi connectivity index (χ0) is 15.9. The Balaban J connectivity index is 1.17. The van der Waals surface area contributed by atoms with E-state index in [1.165, 1.54) is 77.0 Å². The summed E-state index contributed by atoms with van der Waals surface area (Å²) in [6, 6.07) is 0. The molecule has 8 saturated carbocycles. The smallest absolute Gasteiger partial charge is 0.134 e. The number of hydrogen-bond donors (Lipinski definition) is 0. The summed E-state index contributed by atoms with van der Waals surface area (Å²) in [4.78, 5) is 13.2. The minimum Gasteiger partial charge on any atom is -0.300 e. The summed E-state index contributed by atoms with van der Waals surface area (Å²) < 4.78 is 0. The van der Waals surface area contributed by atoms with E-state index in [2.05, 4.69) is 0 Å². The Kier molecular flexibility index (Phi) is 3.01. The summed E-state index contributed by atoms with van der Waals surface area (Å²) in [6.45, 7) is 0. The van der Waals surface area contributed by atoms with E-state index in [0.717, 1.165) is 48.3 Å². The van der Waals surface area contributed by atoms with E-state index in [-0.39, 0.29) is 0 Å². The van der Waals surface area contributed by atoms with E-state index in [1.54, 1.807) is 0 Å². The van der Waals surface area contributed by atoms with E-state index in [0.29, 0.717) is 16.6 Å². The number of carbonyl (C=O) groups excluding carboxylic acids is 1. The maximum absolute atomic E-state index is 13.2. The van der Waals surface area contributed by atoms with Crippen molar-refractivity contribution in [3.05, 3.63) is 0 Å². The average molecular weight is 327 g/mol. The van der Waals surface area contributed by atoms with Gasteiger partial charge in [-0.1, -0.05) is 0 Å². The summed E-state index contributed by atoms with van der Waals surface area (Å²) in [7, 11) is 0. The largest absolute Gasteiger partial charge is 0.300 e. The topological polar surface area (TPSA) is 17.1 Å². The van der Waals surface area contributed by atoms with Crippen molar-refractivity contribution < 1.29 is 4.79 Å². The molecular weight excluding hydrogens is 292 g/mol. The lowest BCUT2D eigenvalue weighted by Crippen LogP contribution is -2.49. The maximum atomic E-state index is 13.2. The molecule has 24 heavy (non-hydrogen) atoms. The van der Waals surface area contributed by atoms with Gasteiger partial charge in [0.15, 0.2) is 0 Å². The van der Waals surface area contributed by atoms with Gasteiger partial charge in [0.2, 0.25) is 0 Å². The molecular formula is C23H34O. The first-order valence-corrected chi connectivity index (χ1v) is 11.1. The van der Waals surface area contributed by atoms with Crippen LogP contribution in [-0.2, 0) is 4.79 Å². The Morgan fingerprint density at radius 1 is 0.542 bits per heavy atom. The van der Waals surface area contributed by atoms with Crippen molar-refractivity contribution in [2.24, 2.45) is 46.3 Å². The molecule has 0 aliphatic heterocycles. The van der Waals surface area contributed by atoms with Crippen LogP contribution < -0.4 is 0 Å². The molecule has 8 aliphatic carbocycles. The quantitative estimate of drug-likeness (QED) is 0.641. The molecule has 0 radical (unpaired) electrons. The highest BCUT2D eigenvalue weighted by molar-refractivity contribution is 5.80. The van der Waals surface area contributed by atoms with Gasteiger partial charge in [0.1, 0.15) is 5.78 Å². The van der Waals surface area contributed by atoms with Crippen LogP contribution in [0.1, 0.15) is 89.9 Å². The molecule has 0 aromatic heterocycles. The molecule has 0 aromatic rings. The molecule has 0 N–H and O–H groups in total. The van der Waals surface area contributed by atoms with Gasteiger partial charge in [-0.3, -0.25) is 4.79 Å². The predicted octanol–water partition coefficient (Wildman–Crippen LogP) is 5.77. The van der Waals surface area contributed by atoms with Crippen molar-refractivity contribution in [3.8, 4) is 0 Å². The van der Waals surface area contributed by atoms with Crippen LogP contribution in [0.5, 0.6) is 0 Å². The second-order valence-electron chi connectivity index (χ2n) is 11.7. The molecule has 0 unspecified atom stereocenters. The summed E-state index contributed by atoms with van der Waals surface area (Å²) in [5, 5.41) is 0. The van der Waals surface area contributed by atoms with E-state index in [9.17, 15) is 4.79 Å². The number of carbonyl (C=O) groups is 1. The summed E-state index contributed by atoms with van der Waals surface area (Å²) in [5.41, 5.74) is 0.933. The van der Waals surface area contributed by atoms with Gasteiger partial charge in [-0.15, -0.1) is 0 Å². The predicted molar refractivity (Wildman–Crippen MR) is 95.5 cm³/mol. The molecule has 8 rings (SSSR count). The second kappa shape index (κ2) is 4.89. The monoisotopic (exact) mass is 326 g/mol. The maximum Gasteiger partial charge on any atom is 0.134 e. The third kappa shape index (κ3) is 2.28. The fraction of sp³-hybridized carbons (Fsp3) is 0.957. The first kappa shape index (κ1) is 14.8. The van der Waals surface area contributed by atoms with Gasteiger partial charge in [-0.05, 0) is 123 Å². The lowest BCUT2D eigenvalue weighted by Gasteiger charge is -2.58. The minimum atomic E-state index is 0.466. The molecule has 0 atom stereocenters. The van der Waals surface area contributed by atoms with Crippen LogP contribution in [0.25, 0.3) is 0 Å². The first-order chi connectivity index (χ1) is 11.6. The standard InChI is InChI=1S/C23H34O/c24-21(13-22-7-15-1-16(8-22)3-17(2-15)9-22)14-23-10-18-4-19(11-23)6-20(5-18)12-23/h15-20H,1-14H2. The fourth-order valence-corrected chi connectivity index (χ4v) is 9.91. The van der Waals surface area contributed by atoms with Crippen LogP contribution in [-0.4, -0.2) is 5.78 Å². The Morgan fingerprint density at radius 3 is 1.04 bits per heavy atom. The highest BCUT2D eigenvalue weighted by Crippen LogP contribution is 2.64. The molecule has 1 nitrogen and oxygen atoms in total. The van der Waals surface area contributed by atoms with Gasteiger partial charge in [0.25, 0.3) is 0 Å². The van der Waals surface area contributed by atoms with Crippen LogP contribution >= 0.6 is 0 Å². The molecule has 0 aromatic carbocycles. The van der Waals surface area contributed by atoms with Gasteiger partial charge >= 0.3 is 0 Å². The van der Waals surface area contributed by atoms with Gasteiger partial charge in [-0.25, -0.2) is 0 Å².